The molecule has 1 unspecified atom stereocenters. The first kappa shape index (κ1) is 12.5. The third-order valence-electron chi connectivity index (χ3n) is 4.27. The monoisotopic (exact) mass is 275 g/mol. The summed E-state index contributed by atoms with van der Waals surface area (Å²) in [6.45, 7) is 0. The fourth-order valence-electron chi connectivity index (χ4n) is 2.94. The van der Waals surface area contributed by atoms with Crippen LogP contribution in [0.5, 0.6) is 0 Å². The molecule has 1 aliphatic carbocycles. The van der Waals surface area contributed by atoms with Gasteiger partial charge in [-0.25, -0.2) is 0 Å². The molecule has 0 bridgehead atoms. The molecule has 21 heavy (non-hydrogen) atoms. The van der Waals surface area contributed by atoms with Crippen LogP contribution in [-0.4, -0.2) is 10.1 Å². The summed E-state index contributed by atoms with van der Waals surface area (Å²) >= 11 is 0. The van der Waals surface area contributed by atoms with Gasteiger partial charge in [-0.3, -0.25) is 4.98 Å². The number of pyridine rings is 1. The molecule has 2 aromatic carbocycles. The van der Waals surface area contributed by atoms with Gasteiger partial charge in [-0.1, -0.05) is 48.5 Å². The molecule has 1 heterocycles. The van der Waals surface area contributed by atoms with Crippen LogP contribution < -0.4 is 0 Å². The van der Waals surface area contributed by atoms with E-state index in [1.807, 2.05) is 42.6 Å². The van der Waals surface area contributed by atoms with Crippen molar-refractivity contribution in [2.45, 2.75) is 24.9 Å². The minimum absolute atomic E-state index is 0.623. The number of fused-ring (bicyclic) bond motifs is 1. The summed E-state index contributed by atoms with van der Waals surface area (Å²) < 4.78 is 0. The molecule has 0 aliphatic heterocycles. The molecule has 1 aliphatic rings. The number of hydrogen-bond donors (Lipinski definition) is 1. The normalized spacial score (nSPS) is 16.0. The Morgan fingerprint density at radius 1 is 1.00 bits per heavy atom. The van der Waals surface area contributed by atoms with Crippen LogP contribution in [0, 0.1) is 0 Å². The highest BCUT2D eigenvalue weighted by Crippen LogP contribution is 2.41. The van der Waals surface area contributed by atoms with E-state index in [1.54, 1.807) is 6.20 Å². The van der Waals surface area contributed by atoms with Gasteiger partial charge in [0.15, 0.2) is 0 Å². The Hall–Kier alpha value is -2.19. The number of hydrogen-bond acceptors (Lipinski definition) is 2. The molecular formula is C19H17NO. The predicted molar refractivity (Wildman–Crippen MR) is 84.2 cm³/mol. The molecular weight excluding hydrogens is 258 g/mol. The second-order valence-electron chi connectivity index (χ2n) is 5.80. The van der Waals surface area contributed by atoms with Gasteiger partial charge >= 0.3 is 0 Å². The summed E-state index contributed by atoms with van der Waals surface area (Å²) in [6.07, 6.45) is 5.54. The van der Waals surface area contributed by atoms with Gasteiger partial charge in [0.25, 0.3) is 0 Å². The van der Waals surface area contributed by atoms with Crippen molar-refractivity contribution in [3.8, 4) is 0 Å². The van der Waals surface area contributed by atoms with E-state index in [9.17, 15) is 5.11 Å². The Morgan fingerprint density at radius 3 is 2.71 bits per heavy atom. The van der Waals surface area contributed by atoms with E-state index in [0.29, 0.717) is 5.92 Å². The van der Waals surface area contributed by atoms with Gasteiger partial charge in [0, 0.05) is 23.3 Å². The van der Waals surface area contributed by atoms with Crippen LogP contribution in [0.3, 0.4) is 0 Å². The summed E-state index contributed by atoms with van der Waals surface area (Å²) in [5.74, 6) is 0.697. The van der Waals surface area contributed by atoms with Crippen LogP contribution in [0.4, 0.5) is 0 Å². The van der Waals surface area contributed by atoms with Gasteiger partial charge in [0.1, 0.15) is 6.10 Å². The minimum Gasteiger partial charge on any atom is -0.384 e. The van der Waals surface area contributed by atoms with Crippen molar-refractivity contribution in [2.24, 2.45) is 0 Å². The van der Waals surface area contributed by atoms with Crippen molar-refractivity contribution in [1.82, 2.24) is 4.98 Å². The van der Waals surface area contributed by atoms with Crippen molar-refractivity contribution < 1.29 is 5.11 Å². The van der Waals surface area contributed by atoms with E-state index < -0.39 is 6.10 Å². The standard InChI is InChI=1S/C19H17NO/c21-19(15-6-3-5-14(10-15)13-8-9-13)18-12-20-11-16-4-1-2-7-17(16)18/h1-7,10-13,19,21H,8-9H2. The predicted octanol–water partition coefficient (Wildman–Crippen LogP) is 4.19. The van der Waals surface area contributed by atoms with Gasteiger partial charge in [-0.05, 0) is 35.3 Å². The Morgan fingerprint density at radius 2 is 1.86 bits per heavy atom. The van der Waals surface area contributed by atoms with Crippen LogP contribution >= 0.6 is 0 Å². The molecule has 0 spiro atoms. The van der Waals surface area contributed by atoms with Gasteiger partial charge in [0.2, 0.25) is 0 Å². The zero-order valence-electron chi connectivity index (χ0n) is 11.7. The van der Waals surface area contributed by atoms with E-state index in [0.717, 1.165) is 21.9 Å². The molecule has 1 fully saturated rings. The molecule has 1 atom stereocenters. The lowest BCUT2D eigenvalue weighted by Crippen LogP contribution is -2.02. The highest BCUT2D eigenvalue weighted by Gasteiger charge is 2.24. The molecule has 1 aromatic heterocycles. The average Bonchev–Trinajstić information content (AvgIpc) is 3.39. The molecule has 1 saturated carbocycles. The van der Waals surface area contributed by atoms with Crippen molar-refractivity contribution >= 4 is 10.8 Å². The molecule has 1 N–H and O–H groups in total. The SMILES string of the molecule is OC(c1cccc(C2CC2)c1)c1cncc2ccccc12. The van der Waals surface area contributed by atoms with Crippen molar-refractivity contribution in [2.75, 3.05) is 0 Å². The van der Waals surface area contributed by atoms with E-state index in [2.05, 4.69) is 17.1 Å². The Bertz CT molecular complexity index is 787. The summed E-state index contributed by atoms with van der Waals surface area (Å²) in [7, 11) is 0. The lowest BCUT2D eigenvalue weighted by Gasteiger charge is -2.14. The molecule has 2 nitrogen and oxygen atoms in total. The van der Waals surface area contributed by atoms with Crippen molar-refractivity contribution in [3.05, 3.63) is 77.6 Å². The van der Waals surface area contributed by atoms with Gasteiger partial charge in [-0.2, -0.15) is 0 Å². The number of rotatable bonds is 3. The van der Waals surface area contributed by atoms with Crippen LogP contribution in [0.1, 0.15) is 41.6 Å². The fourth-order valence-corrected chi connectivity index (χ4v) is 2.94. The third-order valence-corrected chi connectivity index (χ3v) is 4.27. The number of aliphatic hydroxyl groups excluding tert-OH is 1. The molecule has 0 radical (unpaired) electrons. The zero-order chi connectivity index (χ0) is 14.2. The molecule has 0 saturated heterocycles. The van der Waals surface area contributed by atoms with E-state index in [-0.39, 0.29) is 0 Å². The van der Waals surface area contributed by atoms with Crippen molar-refractivity contribution in [3.63, 3.8) is 0 Å². The highest BCUT2D eigenvalue weighted by molar-refractivity contribution is 5.85. The lowest BCUT2D eigenvalue weighted by atomic mass is 9.96. The van der Waals surface area contributed by atoms with E-state index in [4.69, 9.17) is 0 Å². The van der Waals surface area contributed by atoms with E-state index in [1.165, 1.54) is 18.4 Å². The molecule has 2 heteroatoms. The molecule has 104 valence electrons. The second-order valence-corrected chi connectivity index (χ2v) is 5.80. The smallest absolute Gasteiger partial charge is 0.106 e. The van der Waals surface area contributed by atoms with E-state index >= 15 is 0 Å². The summed E-state index contributed by atoms with van der Waals surface area (Å²) in [5.41, 5.74) is 3.18. The van der Waals surface area contributed by atoms with Crippen LogP contribution in [-0.2, 0) is 0 Å². The number of aliphatic hydroxyl groups is 1. The number of benzene rings is 2. The van der Waals surface area contributed by atoms with Gasteiger partial charge < -0.3 is 5.11 Å². The molecule has 3 aromatic rings. The van der Waals surface area contributed by atoms with Gasteiger partial charge in [0.05, 0.1) is 0 Å². The zero-order valence-corrected chi connectivity index (χ0v) is 11.7. The third kappa shape index (κ3) is 2.32. The number of aromatic nitrogens is 1. The van der Waals surface area contributed by atoms with Crippen LogP contribution in [0.25, 0.3) is 10.8 Å². The maximum absolute atomic E-state index is 10.8. The minimum atomic E-state index is -0.623. The maximum Gasteiger partial charge on any atom is 0.106 e. The molecule has 0 amide bonds. The quantitative estimate of drug-likeness (QED) is 0.777. The highest BCUT2D eigenvalue weighted by atomic mass is 16.3. The Balaban J connectivity index is 1.79. The first-order chi connectivity index (χ1) is 10.3. The van der Waals surface area contributed by atoms with Crippen LogP contribution in [0.2, 0.25) is 0 Å². The topological polar surface area (TPSA) is 33.1 Å². The fraction of sp³-hybridized carbons (Fsp3) is 0.211. The maximum atomic E-state index is 10.8. The van der Waals surface area contributed by atoms with Crippen molar-refractivity contribution in [1.29, 1.82) is 0 Å². The first-order valence-corrected chi connectivity index (χ1v) is 7.43. The second kappa shape index (κ2) is 4.97. The lowest BCUT2D eigenvalue weighted by molar-refractivity contribution is 0.221. The summed E-state index contributed by atoms with van der Waals surface area (Å²) in [5, 5.41) is 12.9. The largest absolute Gasteiger partial charge is 0.384 e. The van der Waals surface area contributed by atoms with Crippen LogP contribution in [0.15, 0.2) is 60.9 Å². The summed E-state index contributed by atoms with van der Waals surface area (Å²) in [4.78, 5) is 4.27. The number of nitrogens with zero attached hydrogens (tertiary/aromatic N) is 1. The average molecular weight is 275 g/mol. The first-order valence-electron chi connectivity index (χ1n) is 7.43. The summed E-state index contributed by atoms with van der Waals surface area (Å²) in [6, 6.07) is 16.4. The molecule has 4 rings (SSSR count). The Kier molecular flexibility index (Phi) is 2.97. The van der Waals surface area contributed by atoms with Gasteiger partial charge in [-0.15, -0.1) is 0 Å². The Labute approximate surface area is 124 Å².